The van der Waals surface area contributed by atoms with Gasteiger partial charge in [0.2, 0.25) is 0 Å². The monoisotopic (exact) mass is 320 g/mol. The summed E-state index contributed by atoms with van der Waals surface area (Å²) < 4.78 is 28.8. The molecule has 6 nitrogen and oxygen atoms in total. The zero-order valence-corrected chi connectivity index (χ0v) is 13.0. The van der Waals surface area contributed by atoms with Gasteiger partial charge >= 0.3 is 5.97 Å². The van der Waals surface area contributed by atoms with Crippen LogP contribution < -0.4 is 0 Å². The van der Waals surface area contributed by atoms with Gasteiger partial charge < -0.3 is 23.7 Å². The highest BCUT2D eigenvalue weighted by molar-refractivity contribution is 5.89. The van der Waals surface area contributed by atoms with Gasteiger partial charge in [-0.2, -0.15) is 0 Å². The van der Waals surface area contributed by atoms with Gasteiger partial charge in [0.25, 0.3) is 0 Å². The van der Waals surface area contributed by atoms with Crippen LogP contribution >= 0.6 is 0 Å². The van der Waals surface area contributed by atoms with Crippen molar-refractivity contribution in [1.82, 2.24) is 0 Å². The highest BCUT2D eigenvalue weighted by Gasteiger charge is 2.59. The molecule has 0 aromatic heterocycles. The molecule has 3 saturated heterocycles. The molecule has 3 aliphatic rings. The summed E-state index contributed by atoms with van der Waals surface area (Å²) in [7, 11) is 1.62. The molecule has 3 heterocycles. The fourth-order valence-electron chi connectivity index (χ4n) is 3.54. The van der Waals surface area contributed by atoms with E-state index < -0.39 is 5.79 Å². The molecule has 2 unspecified atom stereocenters. The first-order valence-electron chi connectivity index (χ1n) is 7.96. The number of methoxy groups -OCH3 is 1. The summed E-state index contributed by atoms with van der Waals surface area (Å²) in [6, 6.07) is 8.95. The van der Waals surface area contributed by atoms with Gasteiger partial charge in [0.15, 0.2) is 12.1 Å². The molecule has 1 aromatic carbocycles. The normalized spacial score (nSPS) is 38.8. The fraction of sp³-hybridized carbons (Fsp3) is 0.588. The molecular weight excluding hydrogens is 300 g/mol. The van der Waals surface area contributed by atoms with E-state index in [0.29, 0.717) is 18.6 Å². The highest BCUT2D eigenvalue weighted by atomic mass is 16.8. The van der Waals surface area contributed by atoms with Gasteiger partial charge in [0, 0.05) is 26.4 Å². The van der Waals surface area contributed by atoms with Crippen LogP contribution in [-0.2, 0) is 23.7 Å². The van der Waals surface area contributed by atoms with E-state index in [9.17, 15) is 4.79 Å². The first kappa shape index (κ1) is 15.1. The van der Waals surface area contributed by atoms with Crippen LogP contribution in [0.4, 0.5) is 0 Å². The summed E-state index contributed by atoms with van der Waals surface area (Å²) in [5, 5.41) is 0. The molecule has 0 amide bonds. The fourth-order valence-corrected chi connectivity index (χ4v) is 3.54. The molecule has 0 saturated carbocycles. The maximum Gasteiger partial charge on any atom is 0.338 e. The summed E-state index contributed by atoms with van der Waals surface area (Å²) in [6.07, 6.45) is 0.859. The standard InChI is InChI=1S/C17H20O6/c1-19-15-7-8-17-14(22-15)9-12(13(23-17)10-20-17)21-16(18)11-5-3-2-4-6-11/h2-6,12-15H,7-10H2,1H3/t12-,13?,14+,15?,17+/m0/s1. The van der Waals surface area contributed by atoms with E-state index in [1.807, 2.05) is 18.2 Å². The Labute approximate surface area is 134 Å². The second-order valence-corrected chi connectivity index (χ2v) is 6.15. The minimum atomic E-state index is -0.699. The summed E-state index contributed by atoms with van der Waals surface area (Å²) in [5.74, 6) is -1.05. The van der Waals surface area contributed by atoms with Crippen LogP contribution in [-0.4, -0.2) is 50.1 Å². The quantitative estimate of drug-likeness (QED) is 0.793. The Bertz CT molecular complexity index is 576. The predicted molar refractivity (Wildman–Crippen MR) is 78.7 cm³/mol. The van der Waals surface area contributed by atoms with E-state index in [2.05, 4.69) is 0 Å². The minimum absolute atomic E-state index is 0.235. The lowest BCUT2D eigenvalue weighted by Gasteiger charge is -2.46. The van der Waals surface area contributed by atoms with Gasteiger partial charge in [0.05, 0.1) is 12.2 Å². The van der Waals surface area contributed by atoms with Crippen molar-refractivity contribution in [3.8, 4) is 0 Å². The number of carbonyl (C=O) groups is 1. The van der Waals surface area contributed by atoms with Crippen molar-refractivity contribution in [2.75, 3.05) is 13.7 Å². The first-order chi connectivity index (χ1) is 11.2. The van der Waals surface area contributed by atoms with Crippen molar-refractivity contribution in [2.24, 2.45) is 0 Å². The zero-order chi connectivity index (χ0) is 15.9. The van der Waals surface area contributed by atoms with Crippen LogP contribution in [0.2, 0.25) is 0 Å². The third-order valence-electron chi connectivity index (χ3n) is 4.77. The number of hydrogen-bond donors (Lipinski definition) is 0. The van der Waals surface area contributed by atoms with Crippen molar-refractivity contribution in [3.05, 3.63) is 35.9 Å². The van der Waals surface area contributed by atoms with E-state index in [4.69, 9.17) is 23.7 Å². The molecule has 0 aliphatic carbocycles. The van der Waals surface area contributed by atoms with Crippen molar-refractivity contribution < 1.29 is 28.5 Å². The van der Waals surface area contributed by atoms with E-state index in [1.54, 1.807) is 19.2 Å². The van der Waals surface area contributed by atoms with Gasteiger partial charge in [-0.05, 0) is 12.1 Å². The molecule has 0 radical (unpaired) electrons. The lowest BCUT2D eigenvalue weighted by molar-refractivity contribution is -0.335. The van der Waals surface area contributed by atoms with Crippen LogP contribution in [0.25, 0.3) is 0 Å². The zero-order valence-electron chi connectivity index (χ0n) is 13.0. The largest absolute Gasteiger partial charge is 0.456 e. The van der Waals surface area contributed by atoms with Crippen LogP contribution in [0.15, 0.2) is 30.3 Å². The molecular formula is C17H20O6. The summed E-state index contributed by atoms with van der Waals surface area (Å²) in [5.41, 5.74) is 0.530. The molecule has 0 N–H and O–H groups in total. The van der Waals surface area contributed by atoms with E-state index >= 15 is 0 Å². The number of carbonyl (C=O) groups excluding carboxylic acids is 1. The average molecular weight is 320 g/mol. The van der Waals surface area contributed by atoms with E-state index in [-0.39, 0.29) is 30.6 Å². The number of rotatable bonds is 3. The second kappa shape index (κ2) is 5.87. The van der Waals surface area contributed by atoms with Crippen molar-refractivity contribution >= 4 is 5.97 Å². The SMILES string of the molecule is COC1CC[C@@]23OCC(O2)[C@@H](OC(=O)c2ccccc2)C[C@H]3O1. The molecule has 1 aromatic rings. The number of esters is 1. The molecule has 23 heavy (non-hydrogen) atoms. The Morgan fingerprint density at radius 1 is 1.30 bits per heavy atom. The van der Waals surface area contributed by atoms with Crippen LogP contribution in [0.1, 0.15) is 29.6 Å². The molecule has 1 spiro atoms. The van der Waals surface area contributed by atoms with Gasteiger partial charge in [-0.1, -0.05) is 18.2 Å². The van der Waals surface area contributed by atoms with Crippen LogP contribution in [0.5, 0.6) is 0 Å². The third kappa shape index (κ3) is 2.65. The number of fused-ring (bicyclic) bond motifs is 1. The van der Waals surface area contributed by atoms with Gasteiger partial charge in [-0.25, -0.2) is 4.79 Å². The third-order valence-corrected chi connectivity index (χ3v) is 4.77. The average Bonchev–Trinajstić information content (AvgIpc) is 2.96. The highest BCUT2D eigenvalue weighted by Crippen LogP contribution is 2.46. The van der Waals surface area contributed by atoms with Gasteiger partial charge in [0.1, 0.15) is 18.3 Å². The Balaban J connectivity index is 1.47. The smallest absolute Gasteiger partial charge is 0.338 e. The minimum Gasteiger partial charge on any atom is -0.456 e. The predicted octanol–water partition coefficient (Wildman–Crippen LogP) is 1.88. The number of hydrogen-bond acceptors (Lipinski definition) is 6. The molecule has 124 valence electrons. The van der Waals surface area contributed by atoms with E-state index in [1.165, 1.54) is 0 Å². The summed E-state index contributed by atoms with van der Waals surface area (Å²) in [4.78, 5) is 12.3. The molecule has 3 aliphatic heterocycles. The van der Waals surface area contributed by atoms with Gasteiger partial charge in [-0.15, -0.1) is 0 Å². The number of benzene rings is 1. The van der Waals surface area contributed by atoms with Crippen molar-refractivity contribution in [2.45, 2.75) is 49.7 Å². The van der Waals surface area contributed by atoms with Crippen LogP contribution in [0.3, 0.4) is 0 Å². The maximum atomic E-state index is 12.3. The Hall–Kier alpha value is -1.47. The second-order valence-electron chi connectivity index (χ2n) is 6.15. The Morgan fingerprint density at radius 3 is 2.91 bits per heavy atom. The Morgan fingerprint density at radius 2 is 2.13 bits per heavy atom. The summed E-state index contributed by atoms with van der Waals surface area (Å²) >= 11 is 0. The molecule has 4 rings (SSSR count). The van der Waals surface area contributed by atoms with Gasteiger partial charge in [-0.3, -0.25) is 0 Å². The molecule has 5 atom stereocenters. The first-order valence-corrected chi connectivity index (χ1v) is 7.96. The lowest BCUT2D eigenvalue weighted by atomic mass is 9.92. The molecule has 6 heteroatoms. The van der Waals surface area contributed by atoms with Crippen LogP contribution in [0, 0.1) is 0 Å². The Kier molecular flexibility index (Phi) is 3.85. The van der Waals surface area contributed by atoms with Crippen molar-refractivity contribution in [1.29, 1.82) is 0 Å². The molecule has 2 bridgehead atoms. The topological polar surface area (TPSA) is 63.2 Å². The number of ether oxygens (including phenoxy) is 5. The molecule has 3 fully saturated rings. The van der Waals surface area contributed by atoms with Crippen molar-refractivity contribution in [3.63, 3.8) is 0 Å². The maximum absolute atomic E-state index is 12.3. The lowest BCUT2D eigenvalue weighted by Crippen LogP contribution is -2.57. The summed E-state index contributed by atoms with van der Waals surface area (Å²) in [6.45, 7) is 0.421. The van der Waals surface area contributed by atoms with E-state index in [0.717, 1.165) is 12.8 Å².